The third-order valence-electron chi connectivity index (χ3n) is 5.18. The van der Waals surface area contributed by atoms with E-state index in [0.717, 1.165) is 30.0 Å². The molecule has 2 heterocycles. The maximum Gasteiger partial charge on any atom is 0.267 e. The number of carbonyl (C=O) groups excluding carboxylic acids is 1. The van der Waals surface area contributed by atoms with Gasteiger partial charge in [0.05, 0.1) is 29.5 Å². The number of anilines is 1. The van der Waals surface area contributed by atoms with Gasteiger partial charge >= 0.3 is 0 Å². The zero-order valence-corrected chi connectivity index (χ0v) is 19.1. The summed E-state index contributed by atoms with van der Waals surface area (Å²) in [6.45, 7) is 0. The summed E-state index contributed by atoms with van der Waals surface area (Å²) in [6, 6.07) is 16.8. The Morgan fingerprint density at radius 2 is 1.80 bits per heavy atom. The van der Waals surface area contributed by atoms with Gasteiger partial charge in [0.2, 0.25) is 11.7 Å². The molecule has 0 bridgehead atoms. The van der Waals surface area contributed by atoms with E-state index < -0.39 is 17.5 Å². The highest BCUT2D eigenvalue weighted by molar-refractivity contribution is 7.99. The summed E-state index contributed by atoms with van der Waals surface area (Å²) in [5.74, 6) is -1.35. The van der Waals surface area contributed by atoms with Gasteiger partial charge in [-0.25, -0.2) is 13.3 Å². The van der Waals surface area contributed by atoms with Crippen molar-refractivity contribution >= 4 is 40.0 Å². The Morgan fingerprint density at radius 1 is 1.03 bits per heavy atom. The van der Waals surface area contributed by atoms with Crippen LogP contribution >= 0.6 is 11.8 Å². The molecule has 0 atom stereocenters. The molecule has 0 aliphatic rings. The number of benzene rings is 3. The lowest BCUT2D eigenvalue weighted by Gasteiger charge is -2.12. The molecule has 5 aromatic rings. The Bertz CT molecular complexity index is 1630. The number of hydrogen-bond acceptors (Lipinski definition) is 6. The van der Waals surface area contributed by atoms with E-state index >= 15 is 0 Å². The zero-order valence-electron chi connectivity index (χ0n) is 18.2. The summed E-state index contributed by atoms with van der Waals surface area (Å²) in [5, 5.41) is 11.7. The van der Waals surface area contributed by atoms with Crippen LogP contribution in [0.25, 0.3) is 22.4 Å². The number of nitrogens with one attached hydrogen (secondary N) is 1. The molecular weight excluding hydrogens is 476 g/mol. The standard InChI is InChI=1S/C24H17F2N5O3S/c1-34-18-6-4-5-17(12-18)30-22(33)19-7-2-3-8-20(19)31-23(30)28-29-24(31)35-13-21(32)27-16-10-14(25)9-15(26)11-16/h2-12H,13H2,1H3,(H,27,32). The number of rotatable bonds is 6. The fourth-order valence-corrected chi connectivity index (χ4v) is 4.45. The molecule has 35 heavy (non-hydrogen) atoms. The quantitative estimate of drug-likeness (QED) is 0.359. The molecule has 11 heteroatoms. The molecule has 1 N–H and O–H groups in total. The van der Waals surface area contributed by atoms with Crippen LogP contribution in [0.1, 0.15) is 0 Å². The minimum absolute atomic E-state index is 0.0107. The number of halogens is 2. The van der Waals surface area contributed by atoms with Crippen molar-refractivity contribution in [3.8, 4) is 11.4 Å². The number of carbonyl (C=O) groups is 1. The lowest BCUT2D eigenvalue weighted by Crippen LogP contribution is -2.22. The van der Waals surface area contributed by atoms with E-state index in [-0.39, 0.29) is 22.8 Å². The lowest BCUT2D eigenvalue weighted by molar-refractivity contribution is -0.113. The average Bonchev–Trinajstić information content (AvgIpc) is 3.26. The Balaban J connectivity index is 1.54. The number of hydrogen-bond donors (Lipinski definition) is 1. The van der Waals surface area contributed by atoms with Crippen molar-refractivity contribution in [1.82, 2.24) is 19.2 Å². The highest BCUT2D eigenvalue weighted by Gasteiger charge is 2.19. The number of amides is 1. The molecule has 2 aromatic heterocycles. The highest BCUT2D eigenvalue weighted by Crippen LogP contribution is 2.25. The summed E-state index contributed by atoms with van der Waals surface area (Å²) in [4.78, 5) is 25.8. The molecule has 0 spiro atoms. The fraction of sp³-hybridized carbons (Fsp3) is 0.0833. The Labute approximate surface area is 201 Å². The van der Waals surface area contributed by atoms with Gasteiger partial charge in [-0.2, -0.15) is 0 Å². The zero-order chi connectivity index (χ0) is 24.5. The van der Waals surface area contributed by atoms with E-state index in [1.807, 2.05) is 0 Å². The minimum Gasteiger partial charge on any atom is -0.497 e. The predicted molar refractivity (Wildman–Crippen MR) is 128 cm³/mol. The second-order valence-electron chi connectivity index (χ2n) is 7.47. The fourth-order valence-electron chi connectivity index (χ4n) is 3.71. The Kier molecular flexibility index (Phi) is 5.91. The number of ether oxygens (including phenoxy) is 1. The topological polar surface area (TPSA) is 90.5 Å². The van der Waals surface area contributed by atoms with Gasteiger partial charge in [0.25, 0.3) is 5.56 Å². The van der Waals surface area contributed by atoms with Crippen molar-refractivity contribution in [1.29, 1.82) is 0 Å². The molecule has 0 saturated heterocycles. The molecule has 0 unspecified atom stereocenters. The van der Waals surface area contributed by atoms with Gasteiger partial charge in [0.1, 0.15) is 17.4 Å². The van der Waals surface area contributed by atoms with Crippen LogP contribution in [0.4, 0.5) is 14.5 Å². The van der Waals surface area contributed by atoms with Crippen LogP contribution in [0.2, 0.25) is 0 Å². The van der Waals surface area contributed by atoms with Crippen LogP contribution in [0.3, 0.4) is 0 Å². The average molecular weight is 493 g/mol. The van der Waals surface area contributed by atoms with Gasteiger partial charge in [0.15, 0.2) is 5.16 Å². The number of fused-ring (bicyclic) bond motifs is 3. The SMILES string of the molecule is COc1cccc(-n2c(=O)c3ccccc3n3c(SCC(=O)Nc4cc(F)cc(F)c4)nnc23)c1. The minimum atomic E-state index is -0.793. The molecule has 1 amide bonds. The van der Waals surface area contributed by atoms with Gasteiger partial charge in [0, 0.05) is 17.8 Å². The van der Waals surface area contributed by atoms with E-state index in [4.69, 9.17) is 4.74 Å². The number of nitrogens with zero attached hydrogens (tertiary/aromatic N) is 4. The van der Waals surface area contributed by atoms with Crippen LogP contribution in [0.5, 0.6) is 5.75 Å². The van der Waals surface area contributed by atoms with E-state index in [0.29, 0.717) is 27.5 Å². The molecular formula is C24H17F2N5O3S. The molecule has 5 rings (SSSR count). The van der Waals surface area contributed by atoms with Gasteiger partial charge in [-0.05, 0) is 36.4 Å². The molecule has 0 fully saturated rings. The molecule has 0 radical (unpaired) electrons. The van der Waals surface area contributed by atoms with Gasteiger partial charge < -0.3 is 10.1 Å². The van der Waals surface area contributed by atoms with E-state index in [9.17, 15) is 18.4 Å². The van der Waals surface area contributed by atoms with Crippen molar-refractivity contribution in [2.24, 2.45) is 0 Å². The molecule has 0 saturated carbocycles. The van der Waals surface area contributed by atoms with Gasteiger partial charge in [-0.15, -0.1) is 10.2 Å². The van der Waals surface area contributed by atoms with Crippen molar-refractivity contribution in [2.75, 3.05) is 18.2 Å². The van der Waals surface area contributed by atoms with Crippen LogP contribution < -0.4 is 15.6 Å². The van der Waals surface area contributed by atoms with E-state index in [1.54, 1.807) is 52.9 Å². The number of methoxy groups -OCH3 is 1. The van der Waals surface area contributed by atoms with Crippen molar-refractivity contribution < 1.29 is 18.3 Å². The van der Waals surface area contributed by atoms with Crippen LogP contribution in [-0.4, -0.2) is 37.9 Å². The second kappa shape index (κ2) is 9.18. The van der Waals surface area contributed by atoms with Crippen molar-refractivity contribution in [2.45, 2.75) is 5.16 Å². The Morgan fingerprint density at radius 3 is 2.57 bits per heavy atom. The molecule has 176 valence electrons. The third kappa shape index (κ3) is 4.33. The first-order valence-corrected chi connectivity index (χ1v) is 11.4. The third-order valence-corrected chi connectivity index (χ3v) is 6.11. The first kappa shape index (κ1) is 22.5. The van der Waals surface area contributed by atoms with Crippen LogP contribution in [0.15, 0.2) is 76.7 Å². The smallest absolute Gasteiger partial charge is 0.267 e. The number of para-hydroxylation sites is 1. The largest absolute Gasteiger partial charge is 0.497 e. The molecule has 0 aliphatic carbocycles. The molecule has 8 nitrogen and oxygen atoms in total. The summed E-state index contributed by atoms with van der Waals surface area (Å²) >= 11 is 1.07. The molecule has 0 aliphatic heterocycles. The maximum atomic E-state index is 13.4. The van der Waals surface area contributed by atoms with Crippen LogP contribution in [-0.2, 0) is 4.79 Å². The summed E-state index contributed by atoms with van der Waals surface area (Å²) in [5.41, 5.74) is 0.847. The first-order chi connectivity index (χ1) is 16.9. The summed E-state index contributed by atoms with van der Waals surface area (Å²) < 4.78 is 35.2. The monoisotopic (exact) mass is 493 g/mol. The Hall–Kier alpha value is -4.25. The number of aromatic nitrogens is 4. The van der Waals surface area contributed by atoms with Gasteiger partial charge in [-0.3, -0.25) is 14.0 Å². The van der Waals surface area contributed by atoms with Crippen molar-refractivity contribution in [3.05, 3.63) is 88.7 Å². The maximum absolute atomic E-state index is 13.4. The van der Waals surface area contributed by atoms with Crippen molar-refractivity contribution in [3.63, 3.8) is 0 Å². The first-order valence-electron chi connectivity index (χ1n) is 10.4. The second-order valence-corrected chi connectivity index (χ2v) is 8.41. The normalized spacial score (nSPS) is 11.2. The van der Waals surface area contributed by atoms with Crippen LogP contribution in [0, 0.1) is 11.6 Å². The lowest BCUT2D eigenvalue weighted by atomic mass is 10.2. The van der Waals surface area contributed by atoms with Gasteiger partial charge in [-0.1, -0.05) is 30.0 Å². The number of thioether (sulfide) groups is 1. The molecule has 3 aromatic carbocycles. The van der Waals surface area contributed by atoms with E-state index in [2.05, 4.69) is 15.5 Å². The highest BCUT2D eigenvalue weighted by atomic mass is 32.2. The predicted octanol–water partition coefficient (Wildman–Crippen LogP) is 4.05. The van der Waals surface area contributed by atoms with E-state index in [1.165, 1.54) is 11.7 Å². The summed E-state index contributed by atoms with van der Waals surface area (Å²) in [7, 11) is 1.53. The summed E-state index contributed by atoms with van der Waals surface area (Å²) in [6.07, 6.45) is 0.